The van der Waals surface area contributed by atoms with Gasteiger partial charge in [0.05, 0.1) is 21.8 Å². The third-order valence-electron chi connectivity index (χ3n) is 6.54. The number of aryl methyl sites for hydroxylation is 1. The highest BCUT2D eigenvalue weighted by Crippen LogP contribution is 2.45. The first-order valence-electron chi connectivity index (χ1n) is 12.4. The van der Waals surface area contributed by atoms with E-state index in [1.165, 1.54) is 16.2 Å². The number of benzene rings is 3. The van der Waals surface area contributed by atoms with Crippen LogP contribution in [0.5, 0.6) is 17.2 Å². The highest BCUT2D eigenvalue weighted by atomic mass is 32.1. The summed E-state index contributed by atoms with van der Waals surface area (Å²) in [6, 6.07) is 16.9. The van der Waals surface area contributed by atoms with E-state index in [-0.39, 0.29) is 17.9 Å². The van der Waals surface area contributed by atoms with Gasteiger partial charge in [0.25, 0.3) is 5.78 Å². The number of fused-ring (bicyclic) bond motifs is 2. The Hall–Kier alpha value is -4.63. The van der Waals surface area contributed by atoms with Crippen LogP contribution in [0.4, 0.5) is 5.13 Å². The zero-order valence-electron chi connectivity index (χ0n) is 21.0. The molecular formula is C30H24N2O6S. The average molecular weight is 541 g/mol. The molecule has 0 saturated carbocycles. The molecule has 0 radical (unpaired) electrons. The molecule has 4 aromatic rings. The lowest BCUT2D eigenvalue weighted by Crippen LogP contribution is -2.29. The zero-order chi connectivity index (χ0) is 27.1. The molecule has 39 heavy (non-hydrogen) atoms. The van der Waals surface area contributed by atoms with Gasteiger partial charge < -0.3 is 19.3 Å². The van der Waals surface area contributed by atoms with Gasteiger partial charge in [0, 0.05) is 5.56 Å². The summed E-state index contributed by atoms with van der Waals surface area (Å²) in [5.74, 6) is -0.346. The summed E-state index contributed by atoms with van der Waals surface area (Å²) in [5.41, 5.74) is 2.65. The van der Waals surface area contributed by atoms with Gasteiger partial charge in [-0.15, -0.1) is 0 Å². The van der Waals surface area contributed by atoms with Crippen LogP contribution in [0.25, 0.3) is 16.0 Å². The van der Waals surface area contributed by atoms with Crippen molar-refractivity contribution in [2.24, 2.45) is 0 Å². The molecule has 2 aliphatic heterocycles. The summed E-state index contributed by atoms with van der Waals surface area (Å²) < 4.78 is 17.9. The van der Waals surface area contributed by atoms with Crippen molar-refractivity contribution in [3.63, 3.8) is 0 Å². The van der Waals surface area contributed by atoms with Gasteiger partial charge in [-0.2, -0.15) is 0 Å². The average Bonchev–Trinajstić information content (AvgIpc) is 3.48. The molecule has 3 aromatic carbocycles. The Balaban J connectivity index is 1.53. The quantitative estimate of drug-likeness (QED) is 0.148. The standard InChI is InChI=1S/C30H24N2O6S/c1-3-11-36-20-6-4-5-18(15-20)26-25(27(33)19-8-10-22-23(16-19)38-13-12-37-22)28(34)29(35)32(26)30-31-21-9-7-17(2)14-24(21)39-30/h3-10,14-16,26,33H,1,11-13H2,2H3/t26-/m1/s1. The molecule has 2 aliphatic rings. The lowest BCUT2D eigenvalue weighted by Gasteiger charge is -2.23. The van der Waals surface area contributed by atoms with Gasteiger partial charge in [0.15, 0.2) is 16.6 Å². The third kappa shape index (κ3) is 4.40. The molecule has 1 N–H and O–H groups in total. The van der Waals surface area contributed by atoms with E-state index in [1.54, 1.807) is 48.5 Å². The van der Waals surface area contributed by atoms with E-state index in [0.717, 1.165) is 15.8 Å². The third-order valence-corrected chi connectivity index (χ3v) is 7.56. The maximum absolute atomic E-state index is 13.6. The number of Topliss-reactive ketones (excluding diaryl/α,β-unsaturated/α-hetero) is 1. The van der Waals surface area contributed by atoms with E-state index in [0.29, 0.717) is 46.7 Å². The number of nitrogens with zero attached hydrogens (tertiary/aromatic N) is 2. The number of ketones is 1. The topological polar surface area (TPSA) is 98.2 Å². The number of hydrogen-bond acceptors (Lipinski definition) is 8. The van der Waals surface area contributed by atoms with Gasteiger partial charge in [-0.05, 0) is 60.5 Å². The molecule has 0 aliphatic carbocycles. The van der Waals surface area contributed by atoms with Crippen molar-refractivity contribution in [1.82, 2.24) is 4.98 Å². The molecule has 0 unspecified atom stereocenters. The minimum Gasteiger partial charge on any atom is -0.507 e. The second kappa shape index (κ2) is 9.92. The fourth-order valence-corrected chi connectivity index (χ4v) is 5.83. The van der Waals surface area contributed by atoms with E-state index in [1.807, 2.05) is 25.1 Å². The number of aromatic nitrogens is 1. The normalized spacial score (nSPS) is 18.0. The van der Waals surface area contributed by atoms with Crippen molar-refractivity contribution in [2.45, 2.75) is 13.0 Å². The smallest absolute Gasteiger partial charge is 0.301 e. The Morgan fingerprint density at radius 3 is 2.77 bits per heavy atom. The van der Waals surface area contributed by atoms with E-state index in [4.69, 9.17) is 14.2 Å². The fraction of sp³-hybridized carbons (Fsp3) is 0.167. The first-order valence-corrected chi connectivity index (χ1v) is 13.2. The van der Waals surface area contributed by atoms with Crippen molar-refractivity contribution in [2.75, 3.05) is 24.7 Å². The molecule has 1 saturated heterocycles. The molecule has 9 heteroatoms. The van der Waals surface area contributed by atoms with Crippen LogP contribution >= 0.6 is 11.3 Å². The number of anilines is 1. The van der Waals surface area contributed by atoms with Crippen molar-refractivity contribution >= 4 is 44.1 Å². The van der Waals surface area contributed by atoms with Gasteiger partial charge >= 0.3 is 5.91 Å². The number of ether oxygens (including phenoxy) is 3. The Bertz CT molecular complexity index is 1670. The van der Waals surface area contributed by atoms with E-state index in [2.05, 4.69) is 11.6 Å². The Labute approximate surface area is 228 Å². The minimum absolute atomic E-state index is 0.0482. The zero-order valence-corrected chi connectivity index (χ0v) is 21.9. The molecule has 0 bridgehead atoms. The number of aliphatic hydroxyl groups is 1. The van der Waals surface area contributed by atoms with Crippen LogP contribution in [-0.2, 0) is 9.59 Å². The largest absolute Gasteiger partial charge is 0.507 e. The Morgan fingerprint density at radius 1 is 1.13 bits per heavy atom. The summed E-state index contributed by atoms with van der Waals surface area (Å²) in [6.07, 6.45) is 1.63. The first-order chi connectivity index (χ1) is 18.9. The molecule has 0 spiro atoms. The van der Waals surface area contributed by atoms with Crippen molar-refractivity contribution in [3.05, 3.63) is 95.6 Å². The number of amides is 1. The number of thiazole rings is 1. The van der Waals surface area contributed by atoms with E-state index in [9.17, 15) is 14.7 Å². The van der Waals surface area contributed by atoms with Crippen LogP contribution in [0.1, 0.15) is 22.7 Å². The lowest BCUT2D eigenvalue weighted by atomic mass is 9.95. The Kier molecular flexibility index (Phi) is 6.28. The molecule has 1 amide bonds. The van der Waals surface area contributed by atoms with Crippen molar-refractivity contribution in [3.8, 4) is 17.2 Å². The minimum atomic E-state index is -0.938. The maximum Gasteiger partial charge on any atom is 0.301 e. The summed E-state index contributed by atoms with van der Waals surface area (Å²) in [4.78, 5) is 33.2. The Morgan fingerprint density at radius 2 is 1.95 bits per heavy atom. The van der Waals surface area contributed by atoms with Crippen molar-refractivity contribution in [1.29, 1.82) is 0 Å². The molecule has 1 fully saturated rings. The number of hydrogen-bond donors (Lipinski definition) is 1. The first kappa shape index (κ1) is 24.7. The van der Waals surface area contributed by atoms with E-state index < -0.39 is 17.7 Å². The monoisotopic (exact) mass is 540 g/mol. The predicted molar refractivity (Wildman–Crippen MR) is 149 cm³/mol. The second-order valence-corrected chi connectivity index (χ2v) is 10.2. The molecule has 3 heterocycles. The molecule has 1 atom stereocenters. The van der Waals surface area contributed by atoms with Crippen LogP contribution in [0, 0.1) is 6.92 Å². The number of aliphatic hydroxyl groups excluding tert-OH is 1. The van der Waals surface area contributed by atoms with Crippen LogP contribution < -0.4 is 19.1 Å². The van der Waals surface area contributed by atoms with Gasteiger partial charge in [0.1, 0.15) is 31.3 Å². The van der Waals surface area contributed by atoms with Gasteiger partial charge in [0.2, 0.25) is 0 Å². The highest BCUT2D eigenvalue weighted by molar-refractivity contribution is 7.22. The lowest BCUT2D eigenvalue weighted by molar-refractivity contribution is -0.132. The van der Waals surface area contributed by atoms with Gasteiger partial charge in [-0.25, -0.2) is 4.98 Å². The van der Waals surface area contributed by atoms with Gasteiger partial charge in [-0.1, -0.05) is 42.2 Å². The summed E-state index contributed by atoms with van der Waals surface area (Å²) in [7, 11) is 0. The number of carbonyl (C=O) groups excluding carboxylic acids is 2. The summed E-state index contributed by atoms with van der Waals surface area (Å²) in [5, 5.41) is 11.9. The fourth-order valence-electron chi connectivity index (χ4n) is 4.74. The van der Waals surface area contributed by atoms with Gasteiger partial charge in [-0.3, -0.25) is 14.5 Å². The SMILES string of the molecule is C=CCOc1cccc([C@@H]2C(=C(O)c3ccc4c(c3)OCCO4)C(=O)C(=O)N2c2nc3ccc(C)cc3s2)c1. The predicted octanol–water partition coefficient (Wildman–Crippen LogP) is 5.57. The summed E-state index contributed by atoms with van der Waals surface area (Å²) >= 11 is 1.32. The van der Waals surface area contributed by atoms with Crippen LogP contribution in [-0.4, -0.2) is 41.6 Å². The van der Waals surface area contributed by atoms with Crippen LogP contribution in [0.15, 0.2) is 78.9 Å². The highest BCUT2D eigenvalue weighted by Gasteiger charge is 2.48. The molecule has 196 valence electrons. The summed E-state index contributed by atoms with van der Waals surface area (Å²) in [6.45, 7) is 6.75. The number of rotatable bonds is 6. The molecule has 1 aromatic heterocycles. The molecule has 6 rings (SSSR count). The molecule has 8 nitrogen and oxygen atoms in total. The number of carbonyl (C=O) groups is 2. The molecular weight excluding hydrogens is 516 g/mol. The van der Waals surface area contributed by atoms with Crippen LogP contribution in [0.2, 0.25) is 0 Å². The van der Waals surface area contributed by atoms with Crippen molar-refractivity contribution < 1.29 is 28.9 Å². The van der Waals surface area contributed by atoms with E-state index >= 15 is 0 Å². The maximum atomic E-state index is 13.6. The second-order valence-electron chi connectivity index (χ2n) is 9.17. The van der Waals surface area contributed by atoms with Crippen LogP contribution in [0.3, 0.4) is 0 Å².